The fourth-order valence-corrected chi connectivity index (χ4v) is 3.00. The van der Waals surface area contributed by atoms with Crippen LogP contribution in [-0.2, 0) is 6.42 Å². The third-order valence-corrected chi connectivity index (χ3v) is 4.45. The van der Waals surface area contributed by atoms with Crippen molar-refractivity contribution in [3.8, 4) is 0 Å². The van der Waals surface area contributed by atoms with Crippen molar-refractivity contribution < 1.29 is 0 Å². The minimum Gasteiger partial charge on any atom is -0.320 e. The minimum atomic E-state index is 0.0129. The molecule has 0 amide bonds. The molecular weight excluding hydrogens is 226 g/mol. The van der Waals surface area contributed by atoms with E-state index in [1.807, 2.05) is 0 Å². The van der Waals surface area contributed by atoms with Crippen molar-refractivity contribution in [2.24, 2.45) is 5.73 Å². The van der Waals surface area contributed by atoms with Crippen LogP contribution in [0.15, 0.2) is 30.3 Å². The van der Waals surface area contributed by atoms with Gasteiger partial charge in [0.05, 0.1) is 6.04 Å². The first kappa shape index (κ1) is 12.3. The largest absolute Gasteiger partial charge is 0.320 e. The van der Waals surface area contributed by atoms with Gasteiger partial charge in [-0.05, 0) is 43.0 Å². The maximum absolute atomic E-state index is 6.33. The third kappa shape index (κ3) is 2.59. The van der Waals surface area contributed by atoms with E-state index in [-0.39, 0.29) is 6.04 Å². The molecule has 1 atom stereocenters. The van der Waals surface area contributed by atoms with Gasteiger partial charge in [-0.1, -0.05) is 31.2 Å². The zero-order chi connectivity index (χ0) is 12.4. The smallest absolute Gasteiger partial charge is 0.0646 e. The highest BCUT2D eigenvalue weighted by atomic mass is 32.1. The Balaban J connectivity index is 2.32. The van der Waals surface area contributed by atoms with Crippen molar-refractivity contribution >= 4 is 11.3 Å². The van der Waals surface area contributed by atoms with Gasteiger partial charge in [0.25, 0.3) is 0 Å². The van der Waals surface area contributed by atoms with Crippen molar-refractivity contribution in [2.45, 2.75) is 33.2 Å². The lowest BCUT2D eigenvalue weighted by molar-refractivity contribution is 0.887. The van der Waals surface area contributed by atoms with Gasteiger partial charge in [-0.3, -0.25) is 0 Å². The van der Waals surface area contributed by atoms with E-state index in [1.165, 1.54) is 26.4 Å². The van der Waals surface area contributed by atoms with Crippen molar-refractivity contribution in [1.29, 1.82) is 0 Å². The number of hydrogen-bond donors (Lipinski definition) is 1. The van der Waals surface area contributed by atoms with E-state index in [1.54, 1.807) is 11.3 Å². The molecule has 0 aliphatic carbocycles. The molecule has 0 bridgehead atoms. The molecule has 2 aromatic rings. The molecule has 0 aliphatic rings. The standard InChI is InChI=1S/C15H19NS/c1-4-12-6-5-7-13(9-12)15(16)14-8-10(2)11(3)17-14/h5-9,15H,4,16H2,1-3H3. The number of nitrogens with two attached hydrogens (primary N) is 1. The van der Waals surface area contributed by atoms with E-state index in [0.29, 0.717) is 0 Å². The predicted octanol–water partition coefficient (Wildman–Crippen LogP) is 3.98. The zero-order valence-corrected chi connectivity index (χ0v) is 11.5. The van der Waals surface area contributed by atoms with Crippen molar-refractivity contribution in [3.63, 3.8) is 0 Å². The van der Waals surface area contributed by atoms with Gasteiger partial charge in [0, 0.05) is 9.75 Å². The van der Waals surface area contributed by atoms with Crippen LogP contribution in [0, 0.1) is 13.8 Å². The van der Waals surface area contributed by atoms with Crippen molar-refractivity contribution in [3.05, 3.63) is 56.8 Å². The van der Waals surface area contributed by atoms with Crippen molar-refractivity contribution in [1.82, 2.24) is 0 Å². The number of benzene rings is 1. The minimum absolute atomic E-state index is 0.0129. The molecule has 2 N–H and O–H groups in total. The summed E-state index contributed by atoms with van der Waals surface area (Å²) in [5, 5.41) is 0. The lowest BCUT2D eigenvalue weighted by Crippen LogP contribution is -2.10. The van der Waals surface area contributed by atoms with Crippen LogP contribution < -0.4 is 5.73 Å². The average Bonchev–Trinajstić information content (AvgIpc) is 2.69. The second kappa shape index (κ2) is 5.03. The molecule has 1 aromatic heterocycles. The van der Waals surface area contributed by atoms with Gasteiger partial charge in [0.15, 0.2) is 0 Å². The molecule has 0 saturated carbocycles. The zero-order valence-electron chi connectivity index (χ0n) is 10.7. The fourth-order valence-electron chi connectivity index (χ4n) is 1.93. The van der Waals surface area contributed by atoms with E-state index >= 15 is 0 Å². The van der Waals surface area contributed by atoms with E-state index in [4.69, 9.17) is 5.73 Å². The number of thiophene rings is 1. The lowest BCUT2D eigenvalue weighted by Gasteiger charge is -2.11. The average molecular weight is 245 g/mol. The molecule has 90 valence electrons. The Kier molecular flexibility index (Phi) is 3.65. The summed E-state index contributed by atoms with van der Waals surface area (Å²) in [6.45, 7) is 6.47. The molecule has 0 spiro atoms. The number of rotatable bonds is 3. The van der Waals surface area contributed by atoms with Gasteiger partial charge in [-0.15, -0.1) is 11.3 Å². The summed E-state index contributed by atoms with van der Waals surface area (Å²) in [7, 11) is 0. The Labute approximate surface area is 107 Å². The van der Waals surface area contributed by atoms with Crippen LogP contribution >= 0.6 is 11.3 Å². The SMILES string of the molecule is CCc1cccc(C(N)c2cc(C)c(C)s2)c1. The second-order valence-electron chi connectivity index (χ2n) is 4.46. The lowest BCUT2D eigenvalue weighted by atomic mass is 10.0. The summed E-state index contributed by atoms with van der Waals surface area (Å²) < 4.78 is 0. The first-order chi connectivity index (χ1) is 8.11. The van der Waals surface area contributed by atoms with Gasteiger partial charge in [-0.2, -0.15) is 0 Å². The van der Waals surface area contributed by atoms with E-state index in [0.717, 1.165) is 6.42 Å². The highest BCUT2D eigenvalue weighted by Crippen LogP contribution is 2.29. The van der Waals surface area contributed by atoms with Crippen LogP contribution in [0.4, 0.5) is 0 Å². The van der Waals surface area contributed by atoms with E-state index in [2.05, 4.69) is 51.1 Å². The topological polar surface area (TPSA) is 26.0 Å². The Morgan fingerprint density at radius 1 is 1.24 bits per heavy atom. The van der Waals surface area contributed by atoms with Gasteiger partial charge >= 0.3 is 0 Å². The quantitative estimate of drug-likeness (QED) is 0.869. The predicted molar refractivity (Wildman–Crippen MR) is 75.6 cm³/mol. The molecule has 0 radical (unpaired) electrons. The normalized spacial score (nSPS) is 12.7. The van der Waals surface area contributed by atoms with Gasteiger partial charge in [-0.25, -0.2) is 0 Å². The second-order valence-corrected chi connectivity index (χ2v) is 5.75. The molecule has 1 aromatic carbocycles. The summed E-state index contributed by atoms with van der Waals surface area (Å²) in [4.78, 5) is 2.62. The van der Waals surface area contributed by atoms with E-state index in [9.17, 15) is 0 Å². The van der Waals surface area contributed by atoms with E-state index < -0.39 is 0 Å². The first-order valence-corrected chi connectivity index (χ1v) is 6.84. The molecular formula is C15H19NS. The summed E-state index contributed by atoms with van der Waals surface area (Å²) in [5.74, 6) is 0. The van der Waals surface area contributed by atoms with Gasteiger partial charge in [0.2, 0.25) is 0 Å². The fraction of sp³-hybridized carbons (Fsp3) is 0.333. The van der Waals surface area contributed by atoms with Crippen LogP contribution in [-0.4, -0.2) is 0 Å². The molecule has 17 heavy (non-hydrogen) atoms. The molecule has 0 aliphatic heterocycles. The summed E-state index contributed by atoms with van der Waals surface area (Å²) >= 11 is 1.81. The number of hydrogen-bond acceptors (Lipinski definition) is 2. The third-order valence-electron chi connectivity index (χ3n) is 3.21. The number of aryl methyl sites for hydroxylation is 3. The maximum Gasteiger partial charge on any atom is 0.0646 e. The van der Waals surface area contributed by atoms with Crippen LogP contribution in [0.5, 0.6) is 0 Å². The molecule has 1 heterocycles. The van der Waals surface area contributed by atoms with Crippen LogP contribution in [0.3, 0.4) is 0 Å². The van der Waals surface area contributed by atoms with Crippen LogP contribution in [0.2, 0.25) is 0 Å². The van der Waals surface area contributed by atoms with Gasteiger partial charge < -0.3 is 5.73 Å². The first-order valence-electron chi connectivity index (χ1n) is 6.03. The molecule has 1 unspecified atom stereocenters. The molecule has 0 saturated heterocycles. The Morgan fingerprint density at radius 3 is 2.59 bits per heavy atom. The molecule has 2 rings (SSSR count). The summed E-state index contributed by atoms with van der Waals surface area (Å²) in [6, 6.07) is 10.8. The van der Waals surface area contributed by atoms with Crippen molar-refractivity contribution in [2.75, 3.05) is 0 Å². The highest BCUT2D eigenvalue weighted by molar-refractivity contribution is 7.12. The Bertz CT molecular complexity index is 494. The Hall–Kier alpha value is -1.12. The summed E-state index contributed by atoms with van der Waals surface area (Å²) in [6.07, 6.45) is 1.06. The molecule has 1 nitrogen and oxygen atoms in total. The molecule has 2 heteroatoms. The highest BCUT2D eigenvalue weighted by Gasteiger charge is 2.12. The Morgan fingerprint density at radius 2 is 2.00 bits per heavy atom. The van der Waals surface area contributed by atoms with Gasteiger partial charge in [0.1, 0.15) is 0 Å². The van der Waals surface area contributed by atoms with Crippen LogP contribution in [0.1, 0.15) is 39.4 Å². The summed E-state index contributed by atoms with van der Waals surface area (Å²) in [5.41, 5.74) is 10.2. The monoisotopic (exact) mass is 245 g/mol. The maximum atomic E-state index is 6.33. The molecule has 0 fully saturated rings. The van der Waals surface area contributed by atoms with Crippen LogP contribution in [0.25, 0.3) is 0 Å².